The summed E-state index contributed by atoms with van der Waals surface area (Å²) in [5.74, 6) is 6.97. The second-order valence-electron chi connectivity index (χ2n) is 10.2. The van der Waals surface area contributed by atoms with E-state index in [0.29, 0.717) is 18.0 Å². The number of likely N-dealkylation sites (tertiary alicyclic amines) is 1. The zero-order valence-corrected chi connectivity index (χ0v) is 20.3. The molecule has 2 aromatic rings. The van der Waals surface area contributed by atoms with Crippen LogP contribution in [0.15, 0.2) is 36.2 Å². The van der Waals surface area contributed by atoms with Crippen LogP contribution in [0.1, 0.15) is 45.4 Å². The number of nitrogens with one attached hydrogen (secondary N) is 2. The molecule has 0 bridgehead atoms. The SMILES string of the molecule is CNC1N(N)C(C2CCCCC2N2C[C@@H](C(N)=O)CC[C@H]2C)=CCN1c1ccc2cn[nH]c2c1. The Bertz CT molecular complexity index is 1050. The van der Waals surface area contributed by atoms with Crippen molar-refractivity contribution >= 4 is 22.5 Å². The largest absolute Gasteiger partial charge is 0.369 e. The smallest absolute Gasteiger partial charge is 0.221 e. The molecule has 0 radical (unpaired) electrons. The number of hydrazine groups is 1. The van der Waals surface area contributed by atoms with Gasteiger partial charge in [0.15, 0.2) is 6.29 Å². The third kappa shape index (κ3) is 4.16. The molecule has 6 N–H and O–H groups in total. The summed E-state index contributed by atoms with van der Waals surface area (Å²) in [7, 11) is 1.96. The summed E-state index contributed by atoms with van der Waals surface area (Å²) in [5.41, 5.74) is 9.03. The van der Waals surface area contributed by atoms with Gasteiger partial charge in [-0.2, -0.15) is 5.10 Å². The van der Waals surface area contributed by atoms with E-state index in [1.54, 1.807) is 0 Å². The summed E-state index contributed by atoms with van der Waals surface area (Å²) in [6.07, 6.45) is 10.6. The number of nitrogens with zero attached hydrogens (tertiary/aromatic N) is 4. The minimum Gasteiger partial charge on any atom is -0.369 e. The fourth-order valence-corrected chi connectivity index (χ4v) is 6.36. The lowest BCUT2D eigenvalue weighted by atomic mass is 9.78. The number of amides is 1. The van der Waals surface area contributed by atoms with Crippen LogP contribution >= 0.6 is 0 Å². The van der Waals surface area contributed by atoms with Crippen LogP contribution in [-0.2, 0) is 4.79 Å². The molecule has 34 heavy (non-hydrogen) atoms. The van der Waals surface area contributed by atoms with Crippen LogP contribution < -0.4 is 21.8 Å². The average Bonchev–Trinajstić information content (AvgIpc) is 3.32. The summed E-state index contributed by atoms with van der Waals surface area (Å²) in [6.45, 7) is 3.83. The van der Waals surface area contributed by atoms with Gasteiger partial charge < -0.3 is 10.6 Å². The van der Waals surface area contributed by atoms with Gasteiger partial charge in [0.1, 0.15) is 0 Å². The van der Waals surface area contributed by atoms with Crippen molar-refractivity contribution in [2.24, 2.45) is 23.4 Å². The molecule has 2 fully saturated rings. The molecule has 5 atom stereocenters. The topological polar surface area (TPSA) is 120 Å². The third-order valence-corrected chi connectivity index (χ3v) is 8.24. The molecule has 1 saturated carbocycles. The van der Waals surface area contributed by atoms with E-state index in [2.05, 4.69) is 56.5 Å². The van der Waals surface area contributed by atoms with E-state index in [0.717, 1.165) is 55.4 Å². The molecular weight excluding hydrogens is 428 g/mol. The first kappa shape index (κ1) is 23.1. The van der Waals surface area contributed by atoms with Gasteiger partial charge in [-0.05, 0) is 63.9 Å². The Balaban J connectivity index is 1.41. The standard InChI is InChI=1S/C25H38N8O/c1-16-7-8-18(24(26)34)15-32(16)22-6-4-3-5-20(22)23-11-12-31(25(28-2)33(23)27)19-10-9-17-14-29-30-21(17)13-19/h9-11,13-14,16,18,20,22,25,28H,3-8,12,15,27H2,1-2H3,(H2,26,34)(H,29,30)/t16-,18+,20?,22?,25?/m1/s1. The van der Waals surface area contributed by atoms with Gasteiger partial charge in [0.25, 0.3) is 0 Å². The fraction of sp³-hybridized carbons (Fsp3) is 0.600. The van der Waals surface area contributed by atoms with Crippen LogP contribution in [0.2, 0.25) is 0 Å². The van der Waals surface area contributed by atoms with Gasteiger partial charge in [-0.1, -0.05) is 12.8 Å². The predicted molar refractivity (Wildman–Crippen MR) is 134 cm³/mol. The quantitative estimate of drug-likeness (QED) is 0.498. The number of piperidine rings is 1. The van der Waals surface area contributed by atoms with Gasteiger partial charge in [0.05, 0.1) is 17.6 Å². The summed E-state index contributed by atoms with van der Waals surface area (Å²) >= 11 is 0. The van der Waals surface area contributed by atoms with Crippen molar-refractivity contribution in [1.82, 2.24) is 25.4 Å². The van der Waals surface area contributed by atoms with Gasteiger partial charge in [-0.3, -0.25) is 25.1 Å². The number of hydrogen-bond acceptors (Lipinski definition) is 7. The Hall–Kier alpha value is -2.62. The second-order valence-corrected chi connectivity index (χ2v) is 10.2. The van der Waals surface area contributed by atoms with Crippen LogP contribution in [0.3, 0.4) is 0 Å². The lowest BCUT2D eigenvalue weighted by Gasteiger charge is -2.51. The highest BCUT2D eigenvalue weighted by atomic mass is 16.1. The van der Waals surface area contributed by atoms with Crippen LogP contribution in [0.5, 0.6) is 0 Å². The molecule has 184 valence electrons. The number of hydrogen-bond donors (Lipinski definition) is 4. The number of fused-ring (bicyclic) bond motifs is 1. The summed E-state index contributed by atoms with van der Waals surface area (Å²) < 4.78 is 0. The number of H-pyrrole nitrogens is 1. The van der Waals surface area contributed by atoms with Gasteiger partial charge in [-0.25, -0.2) is 5.84 Å². The van der Waals surface area contributed by atoms with Crippen molar-refractivity contribution in [2.75, 3.05) is 25.0 Å². The van der Waals surface area contributed by atoms with Gasteiger partial charge in [-0.15, -0.1) is 0 Å². The molecule has 1 aromatic heterocycles. The van der Waals surface area contributed by atoms with E-state index in [4.69, 9.17) is 11.6 Å². The molecule has 1 aliphatic carbocycles. The molecular formula is C25H38N8O. The number of carbonyl (C=O) groups excluding carboxylic acids is 1. The fourth-order valence-electron chi connectivity index (χ4n) is 6.36. The van der Waals surface area contributed by atoms with Crippen molar-refractivity contribution in [2.45, 2.75) is 63.8 Å². The lowest BCUT2D eigenvalue weighted by molar-refractivity contribution is -0.124. The highest BCUT2D eigenvalue weighted by Crippen LogP contribution is 2.39. The first-order valence-corrected chi connectivity index (χ1v) is 12.6. The van der Waals surface area contributed by atoms with Crippen molar-refractivity contribution < 1.29 is 4.79 Å². The van der Waals surface area contributed by atoms with Gasteiger partial charge >= 0.3 is 0 Å². The first-order chi connectivity index (χ1) is 16.5. The van der Waals surface area contributed by atoms with Gasteiger partial charge in [0.2, 0.25) is 5.91 Å². The average molecular weight is 467 g/mol. The Morgan fingerprint density at radius 3 is 2.82 bits per heavy atom. The maximum atomic E-state index is 12.0. The molecule has 2 aliphatic heterocycles. The van der Waals surface area contributed by atoms with Crippen molar-refractivity contribution in [1.29, 1.82) is 0 Å². The molecule has 1 saturated heterocycles. The molecule has 3 unspecified atom stereocenters. The van der Waals surface area contributed by atoms with Crippen LogP contribution in [0.25, 0.3) is 10.9 Å². The summed E-state index contributed by atoms with van der Waals surface area (Å²) in [5, 5.41) is 13.7. The third-order valence-electron chi connectivity index (χ3n) is 8.24. The van der Waals surface area contributed by atoms with E-state index in [9.17, 15) is 4.79 Å². The molecule has 3 heterocycles. The van der Waals surface area contributed by atoms with E-state index < -0.39 is 0 Å². The van der Waals surface area contributed by atoms with Crippen LogP contribution in [0.4, 0.5) is 5.69 Å². The van der Waals surface area contributed by atoms with Crippen molar-refractivity contribution in [3.05, 3.63) is 36.2 Å². The number of benzene rings is 1. The Labute approximate surface area is 201 Å². The molecule has 9 nitrogen and oxygen atoms in total. The maximum Gasteiger partial charge on any atom is 0.221 e. The minimum absolute atomic E-state index is 0.0500. The number of nitrogens with two attached hydrogens (primary N) is 2. The first-order valence-electron chi connectivity index (χ1n) is 12.6. The number of anilines is 1. The van der Waals surface area contributed by atoms with Crippen molar-refractivity contribution in [3.63, 3.8) is 0 Å². The zero-order valence-electron chi connectivity index (χ0n) is 20.3. The minimum atomic E-state index is -0.165. The maximum absolute atomic E-state index is 12.0. The predicted octanol–water partition coefficient (Wildman–Crippen LogP) is 2.09. The Kier molecular flexibility index (Phi) is 6.50. The summed E-state index contributed by atoms with van der Waals surface area (Å²) in [4.78, 5) is 16.8. The number of carbonyl (C=O) groups is 1. The molecule has 1 aromatic carbocycles. The molecule has 1 amide bonds. The lowest BCUT2D eigenvalue weighted by Crippen LogP contribution is -2.63. The Morgan fingerprint density at radius 2 is 2.03 bits per heavy atom. The normalized spacial score (nSPS) is 31.0. The Morgan fingerprint density at radius 1 is 1.21 bits per heavy atom. The number of aromatic nitrogens is 2. The number of aromatic amines is 1. The highest BCUT2D eigenvalue weighted by molar-refractivity contribution is 5.82. The zero-order chi connectivity index (χ0) is 23.8. The van der Waals surface area contributed by atoms with Crippen LogP contribution in [-0.4, -0.2) is 64.5 Å². The van der Waals surface area contributed by atoms with E-state index in [-0.39, 0.29) is 18.1 Å². The number of rotatable bonds is 5. The molecule has 3 aliphatic rings. The van der Waals surface area contributed by atoms with Gasteiger partial charge in [0, 0.05) is 47.9 Å². The van der Waals surface area contributed by atoms with Crippen molar-refractivity contribution in [3.8, 4) is 0 Å². The summed E-state index contributed by atoms with van der Waals surface area (Å²) in [6, 6.07) is 7.17. The number of primary amides is 1. The van der Waals surface area contributed by atoms with E-state index in [1.807, 2.05) is 18.3 Å². The van der Waals surface area contributed by atoms with E-state index >= 15 is 0 Å². The highest BCUT2D eigenvalue weighted by Gasteiger charge is 2.41. The van der Waals surface area contributed by atoms with Crippen LogP contribution in [0, 0.1) is 11.8 Å². The molecule has 5 rings (SSSR count). The molecule has 0 spiro atoms. The second kappa shape index (κ2) is 9.56. The monoisotopic (exact) mass is 466 g/mol. The molecule has 9 heteroatoms. The van der Waals surface area contributed by atoms with E-state index in [1.165, 1.54) is 18.5 Å².